The van der Waals surface area contributed by atoms with Gasteiger partial charge in [-0.15, -0.1) is 12.6 Å². The van der Waals surface area contributed by atoms with Crippen molar-refractivity contribution in [3.8, 4) is 11.8 Å². The van der Waals surface area contributed by atoms with Crippen molar-refractivity contribution in [3.63, 3.8) is 0 Å². The van der Waals surface area contributed by atoms with Gasteiger partial charge in [-0.3, -0.25) is 34.3 Å². The van der Waals surface area contributed by atoms with E-state index in [9.17, 15) is 37.6 Å². The van der Waals surface area contributed by atoms with Crippen LogP contribution in [0.5, 0.6) is 5.75 Å². The molecule has 3 aliphatic heterocycles. The van der Waals surface area contributed by atoms with Gasteiger partial charge in [0.2, 0.25) is 17.7 Å². The number of carbonyl (C=O) groups excluding carboxylic acids is 4. The van der Waals surface area contributed by atoms with Crippen LogP contribution in [0.4, 0.5) is 35.9 Å². The molecule has 2 unspecified atom stereocenters. The molecule has 3 saturated heterocycles. The first-order valence-corrected chi connectivity index (χ1v) is 19.3. The van der Waals surface area contributed by atoms with Gasteiger partial charge in [0.1, 0.15) is 23.4 Å². The number of aromatic nitrogens is 1. The Morgan fingerprint density at radius 1 is 1.09 bits per heavy atom. The Hall–Kier alpha value is -5.05. The van der Waals surface area contributed by atoms with Crippen molar-refractivity contribution in [2.75, 3.05) is 46.7 Å². The fourth-order valence-electron chi connectivity index (χ4n) is 7.34. The maximum Gasteiger partial charge on any atom is 0.419 e. The summed E-state index contributed by atoms with van der Waals surface area (Å²) in [4.78, 5) is 59.0. The molecule has 0 radical (unpaired) electrons. The van der Waals surface area contributed by atoms with Crippen LogP contribution in [-0.2, 0) is 31.8 Å². The van der Waals surface area contributed by atoms with Gasteiger partial charge in [-0.2, -0.15) is 18.4 Å². The Kier molecular flexibility index (Phi) is 12.3. The lowest BCUT2D eigenvalue weighted by atomic mass is 9.97. The maximum absolute atomic E-state index is 13.7. The minimum absolute atomic E-state index is 0.125. The number of carbonyl (C=O) groups is 4. The Bertz CT molecular complexity index is 2110. The Morgan fingerprint density at radius 3 is 2.47 bits per heavy atom. The van der Waals surface area contributed by atoms with E-state index in [1.807, 2.05) is 19.1 Å². The number of imide groups is 1. The number of piperidine rings is 2. The molecule has 3 fully saturated rings. The van der Waals surface area contributed by atoms with Crippen molar-refractivity contribution < 1.29 is 37.1 Å². The van der Waals surface area contributed by atoms with Gasteiger partial charge in [-0.25, -0.2) is 4.98 Å². The number of benzene rings is 2. The summed E-state index contributed by atoms with van der Waals surface area (Å²) in [5.41, 5.74) is -1.78. The summed E-state index contributed by atoms with van der Waals surface area (Å²) in [6, 6.07) is 12.1. The molecule has 3 aliphatic rings. The van der Waals surface area contributed by atoms with Crippen molar-refractivity contribution in [1.82, 2.24) is 15.2 Å². The molecule has 13 nitrogen and oxygen atoms in total. The number of nitrogens with one attached hydrogen (secondary N) is 3. The van der Waals surface area contributed by atoms with E-state index in [2.05, 4.69) is 38.5 Å². The first-order chi connectivity index (χ1) is 27.0. The minimum Gasteiger partial charge on any atom is -0.493 e. The molecule has 2 atom stereocenters. The van der Waals surface area contributed by atoms with E-state index in [1.54, 1.807) is 43.0 Å². The molecule has 0 aliphatic carbocycles. The van der Waals surface area contributed by atoms with Gasteiger partial charge >= 0.3 is 6.18 Å². The lowest BCUT2D eigenvalue weighted by Crippen LogP contribution is -2.47. The highest BCUT2D eigenvalue weighted by Gasteiger charge is 2.52. The zero-order valence-corrected chi connectivity index (χ0v) is 33.1. The number of rotatable bonds is 11. The molecule has 4 heterocycles. The molecular weight excluding hydrogens is 785 g/mol. The van der Waals surface area contributed by atoms with Crippen molar-refractivity contribution in [2.24, 2.45) is 5.92 Å². The topological polar surface area (TPSA) is 160 Å². The van der Waals surface area contributed by atoms with Crippen LogP contribution in [0.15, 0.2) is 48.7 Å². The SMILES string of the molecule is CCc1cc(N2C(S)N(c3cnc(C#N)c(C(F)(F)F)c3)C(=O)C2(C)C)ccc1OCC1CCN(CC(=O)Nc2cc(Cl)cc(NC3CCC(=O)NC3=O)c2)CC1. The number of aryl methyl sites for hydroxylation is 1. The predicted octanol–water partition coefficient (Wildman–Crippen LogP) is 5.98. The van der Waals surface area contributed by atoms with Gasteiger partial charge in [-0.1, -0.05) is 18.5 Å². The van der Waals surface area contributed by atoms with Crippen LogP contribution < -0.4 is 30.5 Å². The standard InChI is InChI=1S/C39H42ClF3N8O5S/c1-4-23-13-27(51-37(57)50(36(55)38(51,2)3)28-17-29(39(41,42)43)31(18-44)45-19-28)5-7-32(23)56-21-22-9-11-49(12-10-22)20-34(53)47-26-15-24(40)14-25(16-26)46-30-6-8-33(52)48-35(30)54/h5,7,13-17,19,22,30,37,46,57H,4,6,8-12,20-21H2,1-3H3,(H,47,53)(H,48,52,54). The summed E-state index contributed by atoms with van der Waals surface area (Å²) in [7, 11) is 0. The summed E-state index contributed by atoms with van der Waals surface area (Å²) in [5.74, 6) is -0.487. The maximum atomic E-state index is 13.7. The molecule has 3 aromatic rings. The summed E-state index contributed by atoms with van der Waals surface area (Å²) in [6.45, 7) is 7.34. The van der Waals surface area contributed by atoms with Crippen LogP contribution in [0.1, 0.15) is 63.3 Å². The van der Waals surface area contributed by atoms with Crippen LogP contribution in [0.25, 0.3) is 0 Å². The quantitative estimate of drug-likeness (QED) is 0.134. The lowest BCUT2D eigenvalue weighted by molar-refractivity contribution is -0.138. The average Bonchev–Trinajstić information content (AvgIpc) is 3.33. The van der Waals surface area contributed by atoms with Crippen LogP contribution in [0, 0.1) is 17.2 Å². The molecule has 18 heteroatoms. The first-order valence-electron chi connectivity index (χ1n) is 18.5. The Balaban J connectivity index is 1.03. The molecule has 302 valence electrons. The van der Waals surface area contributed by atoms with Crippen molar-refractivity contribution in [2.45, 2.75) is 76.1 Å². The number of likely N-dealkylation sites (tertiary alicyclic amines) is 1. The van der Waals surface area contributed by atoms with Gasteiger partial charge in [0, 0.05) is 28.5 Å². The summed E-state index contributed by atoms with van der Waals surface area (Å²) >= 11 is 11.0. The van der Waals surface area contributed by atoms with Gasteiger partial charge in [-0.05, 0) is 107 Å². The van der Waals surface area contributed by atoms with Gasteiger partial charge < -0.3 is 20.3 Å². The Labute approximate surface area is 338 Å². The normalized spacial score (nSPS) is 20.3. The minimum atomic E-state index is -4.84. The third kappa shape index (κ3) is 9.24. The first kappa shape index (κ1) is 41.6. The number of nitrogens with zero attached hydrogens (tertiary/aromatic N) is 5. The van der Waals surface area contributed by atoms with Crippen molar-refractivity contribution >= 4 is 70.6 Å². The number of amides is 4. The third-order valence-electron chi connectivity index (χ3n) is 10.4. The number of nitriles is 1. The summed E-state index contributed by atoms with van der Waals surface area (Å²) in [6.07, 6.45) is -0.959. The average molecular weight is 827 g/mol. The fourth-order valence-corrected chi connectivity index (χ4v) is 8.23. The lowest BCUT2D eigenvalue weighted by Gasteiger charge is -2.34. The highest BCUT2D eigenvalue weighted by Crippen LogP contribution is 2.43. The molecule has 3 N–H and O–H groups in total. The molecule has 0 spiro atoms. The van der Waals surface area contributed by atoms with E-state index < -0.39 is 46.3 Å². The highest BCUT2D eigenvalue weighted by atomic mass is 35.5. The van der Waals surface area contributed by atoms with Crippen LogP contribution in [0.3, 0.4) is 0 Å². The Morgan fingerprint density at radius 2 is 1.81 bits per heavy atom. The summed E-state index contributed by atoms with van der Waals surface area (Å²) < 4.78 is 47.5. The second-order valence-electron chi connectivity index (χ2n) is 14.8. The molecule has 0 bridgehead atoms. The number of alkyl halides is 3. The molecule has 57 heavy (non-hydrogen) atoms. The number of thiol groups is 1. The monoisotopic (exact) mass is 826 g/mol. The molecule has 2 aromatic carbocycles. The molecule has 6 rings (SSSR count). The van der Waals surface area contributed by atoms with Gasteiger partial charge in [0.25, 0.3) is 5.91 Å². The smallest absolute Gasteiger partial charge is 0.419 e. The van der Waals surface area contributed by atoms with Crippen LogP contribution in [-0.4, -0.2) is 76.8 Å². The van der Waals surface area contributed by atoms with E-state index >= 15 is 0 Å². The second-order valence-corrected chi connectivity index (χ2v) is 15.6. The number of hydrogen-bond acceptors (Lipinski definition) is 11. The van der Waals surface area contributed by atoms with Gasteiger partial charge in [0.15, 0.2) is 11.2 Å². The van der Waals surface area contributed by atoms with E-state index in [-0.39, 0.29) is 36.4 Å². The van der Waals surface area contributed by atoms with Crippen molar-refractivity contribution in [3.05, 3.63) is 70.5 Å². The van der Waals surface area contributed by atoms with Gasteiger partial charge in [0.05, 0.1) is 30.6 Å². The van der Waals surface area contributed by atoms with E-state index in [4.69, 9.17) is 16.3 Å². The van der Waals surface area contributed by atoms with Crippen LogP contribution >= 0.6 is 24.2 Å². The highest BCUT2D eigenvalue weighted by molar-refractivity contribution is 7.81. The number of hydrogen-bond donors (Lipinski definition) is 4. The largest absolute Gasteiger partial charge is 0.493 e. The molecule has 0 saturated carbocycles. The number of halogens is 4. The fraction of sp³-hybridized carbons (Fsp3) is 0.436. The summed E-state index contributed by atoms with van der Waals surface area (Å²) in [5, 5.41) is 17.8. The van der Waals surface area contributed by atoms with Crippen LogP contribution in [0.2, 0.25) is 5.02 Å². The van der Waals surface area contributed by atoms with Crippen molar-refractivity contribution in [1.29, 1.82) is 5.26 Å². The zero-order valence-electron chi connectivity index (χ0n) is 31.5. The molecule has 4 amide bonds. The second kappa shape index (κ2) is 16.8. The molecular formula is C39H42ClF3N8O5S. The predicted molar refractivity (Wildman–Crippen MR) is 211 cm³/mol. The number of pyridine rings is 1. The third-order valence-corrected chi connectivity index (χ3v) is 11.1. The van der Waals surface area contributed by atoms with E-state index in [0.717, 1.165) is 35.6 Å². The number of ether oxygens (including phenoxy) is 1. The zero-order chi connectivity index (χ0) is 41.2. The van der Waals surface area contributed by atoms with E-state index in [1.165, 1.54) is 6.07 Å². The number of anilines is 4. The molecule has 1 aromatic heterocycles. The van der Waals surface area contributed by atoms with E-state index in [0.29, 0.717) is 60.4 Å².